The van der Waals surface area contributed by atoms with Crippen molar-refractivity contribution in [1.29, 1.82) is 0 Å². The van der Waals surface area contributed by atoms with E-state index < -0.39 is 5.91 Å². The van der Waals surface area contributed by atoms with Crippen LogP contribution in [0.4, 0.5) is 5.69 Å². The molecule has 0 fully saturated rings. The number of benzene rings is 1. The summed E-state index contributed by atoms with van der Waals surface area (Å²) in [5, 5.41) is 5.32. The number of ether oxygens (including phenoxy) is 2. The Hall–Kier alpha value is -3.35. The molecule has 25 heavy (non-hydrogen) atoms. The fourth-order valence-electron chi connectivity index (χ4n) is 2.05. The number of carbonyl (C=O) groups excluding carboxylic acids is 2. The minimum Gasteiger partial charge on any atom is -0.493 e. The van der Waals surface area contributed by atoms with Crippen LogP contribution in [0.25, 0.3) is 0 Å². The number of nitrogens with zero attached hydrogens (tertiary/aromatic N) is 1. The van der Waals surface area contributed by atoms with Gasteiger partial charge in [0.2, 0.25) is 0 Å². The lowest BCUT2D eigenvalue weighted by atomic mass is 10.2. The Kier molecular flexibility index (Phi) is 6.11. The molecule has 0 saturated heterocycles. The third kappa shape index (κ3) is 4.57. The van der Waals surface area contributed by atoms with Gasteiger partial charge in [-0.15, -0.1) is 6.58 Å². The molecule has 0 aliphatic carbocycles. The maximum Gasteiger partial charge on any atom is 0.274 e. The van der Waals surface area contributed by atoms with Gasteiger partial charge in [0.15, 0.2) is 11.5 Å². The van der Waals surface area contributed by atoms with Crippen molar-refractivity contribution in [3.63, 3.8) is 0 Å². The van der Waals surface area contributed by atoms with Gasteiger partial charge in [0, 0.05) is 18.3 Å². The first-order chi connectivity index (χ1) is 12.1. The van der Waals surface area contributed by atoms with Crippen LogP contribution in [0, 0.1) is 0 Å². The summed E-state index contributed by atoms with van der Waals surface area (Å²) in [6, 6.07) is 9.66. The molecule has 2 amide bonds. The zero-order valence-electron chi connectivity index (χ0n) is 14.0. The number of hydrogen-bond donors (Lipinski definition) is 2. The van der Waals surface area contributed by atoms with Gasteiger partial charge in [0.1, 0.15) is 11.4 Å². The van der Waals surface area contributed by atoms with Gasteiger partial charge in [-0.2, -0.15) is 0 Å². The number of hydrogen-bond acceptors (Lipinski definition) is 5. The molecule has 0 saturated carbocycles. The Labute approximate surface area is 145 Å². The van der Waals surface area contributed by atoms with E-state index >= 15 is 0 Å². The van der Waals surface area contributed by atoms with E-state index in [2.05, 4.69) is 22.2 Å². The van der Waals surface area contributed by atoms with Crippen LogP contribution < -0.4 is 20.1 Å². The summed E-state index contributed by atoms with van der Waals surface area (Å²) in [6.45, 7) is 3.85. The van der Waals surface area contributed by atoms with Crippen LogP contribution in [0.3, 0.4) is 0 Å². The Balaban J connectivity index is 2.15. The molecular weight excluding hydrogens is 322 g/mol. The summed E-state index contributed by atoms with van der Waals surface area (Å²) in [4.78, 5) is 28.4. The summed E-state index contributed by atoms with van der Waals surface area (Å²) in [5.74, 6) is 0.233. The lowest BCUT2D eigenvalue weighted by Crippen LogP contribution is -2.25. The fourth-order valence-corrected chi connectivity index (χ4v) is 2.05. The maximum atomic E-state index is 12.4. The molecule has 1 aromatic heterocycles. The molecule has 0 unspecified atom stereocenters. The highest BCUT2D eigenvalue weighted by atomic mass is 16.5. The third-order valence-corrected chi connectivity index (χ3v) is 3.26. The minimum absolute atomic E-state index is 0.126. The van der Waals surface area contributed by atoms with E-state index in [-0.39, 0.29) is 17.3 Å². The number of aromatic nitrogens is 1. The van der Waals surface area contributed by atoms with Gasteiger partial charge in [0.25, 0.3) is 11.8 Å². The summed E-state index contributed by atoms with van der Waals surface area (Å²) >= 11 is 0. The van der Waals surface area contributed by atoms with Crippen LogP contribution in [0.15, 0.2) is 49.1 Å². The monoisotopic (exact) mass is 341 g/mol. The largest absolute Gasteiger partial charge is 0.493 e. The van der Waals surface area contributed by atoms with Gasteiger partial charge in [0.05, 0.1) is 14.2 Å². The summed E-state index contributed by atoms with van der Waals surface area (Å²) in [7, 11) is 3.04. The number of pyridine rings is 1. The standard InChI is InChI=1S/C18H19N3O4/c1-4-10-19-17(22)13-6-5-7-14(21-13)18(23)20-12-8-9-15(24-2)16(11-12)25-3/h4-9,11H,1,10H2,2-3H3,(H,19,22)(H,20,23). The molecule has 2 aromatic rings. The Morgan fingerprint density at radius 2 is 1.76 bits per heavy atom. The van der Waals surface area contributed by atoms with E-state index in [1.807, 2.05) is 0 Å². The molecule has 0 atom stereocenters. The molecule has 0 radical (unpaired) electrons. The van der Waals surface area contributed by atoms with Crippen molar-refractivity contribution in [1.82, 2.24) is 10.3 Å². The highest BCUT2D eigenvalue weighted by Crippen LogP contribution is 2.29. The molecule has 2 N–H and O–H groups in total. The van der Waals surface area contributed by atoms with E-state index in [0.29, 0.717) is 23.7 Å². The Morgan fingerprint density at radius 1 is 1.08 bits per heavy atom. The van der Waals surface area contributed by atoms with Crippen LogP contribution in [0.2, 0.25) is 0 Å². The van der Waals surface area contributed by atoms with E-state index in [1.165, 1.54) is 26.4 Å². The number of carbonyl (C=O) groups is 2. The number of nitrogens with one attached hydrogen (secondary N) is 2. The van der Waals surface area contributed by atoms with Crippen molar-refractivity contribution >= 4 is 17.5 Å². The van der Waals surface area contributed by atoms with Crippen molar-refractivity contribution in [2.45, 2.75) is 0 Å². The molecule has 0 aliphatic heterocycles. The zero-order chi connectivity index (χ0) is 18.2. The second-order valence-electron chi connectivity index (χ2n) is 4.93. The average Bonchev–Trinajstić information content (AvgIpc) is 2.65. The normalized spacial score (nSPS) is 9.84. The van der Waals surface area contributed by atoms with Gasteiger partial charge in [-0.3, -0.25) is 9.59 Å². The fraction of sp³-hybridized carbons (Fsp3) is 0.167. The van der Waals surface area contributed by atoms with Gasteiger partial charge < -0.3 is 20.1 Å². The number of methoxy groups -OCH3 is 2. The first kappa shape index (κ1) is 18.0. The second kappa shape index (κ2) is 8.49. The highest BCUT2D eigenvalue weighted by Gasteiger charge is 2.13. The van der Waals surface area contributed by atoms with E-state index in [9.17, 15) is 9.59 Å². The number of amides is 2. The molecule has 7 nitrogen and oxygen atoms in total. The van der Waals surface area contributed by atoms with E-state index in [0.717, 1.165) is 0 Å². The minimum atomic E-state index is -0.439. The number of anilines is 1. The average molecular weight is 341 g/mol. The summed E-state index contributed by atoms with van der Waals surface area (Å²) in [6.07, 6.45) is 1.56. The van der Waals surface area contributed by atoms with Crippen molar-refractivity contribution in [3.05, 3.63) is 60.4 Å². The summed E-state index contributed by atoms with van der Waals surface area (Å²) < 4.78 is 10.4. The first-order valence-electron chi connectivity index (χ1n) is 7.48. The van der Waals surface area contributed by atoms with Crippen molar-refractivity contribution in [2.75, 3.05) is 26.1 Å². The van der Waals surface area contributed by atoms with Crippen LogP contribution in [0.5, 0.6) is 11.5 Å². The van der Waals surface area contributed by atoms with Crippen molar-refractivity contribution in [3.8, 4) is 11.5 Å². The van der Waals surface area contributed by atoms with E-state index in [4.69, 9.17) is 9.47 Å². The predicted molar refractivity (Wildman–Crippen MR) is 94.3 cm³/mol. The molecule has 1 aromatic carbocycles. The first-order valence-corrected chi connectivity index (χ1v) is 7.48. The van der Waals surface area contributed by atoms with Crippen LogP contribution in [-0.4, -0.2) is 37.6 Å². The van der Waals surface area contributed by atoms with Crippen LogP contribution >= 0.6 is 0 Å². The lowest BCUT2D eigenvalue weighted by molar-refractivity contribution is 0.0953. The van der Waals surface area contributed by atoms with Gasteiger partial charge in [-0.05, 0) is 24.3 Å². The third-order valence-electron chi connectivity index (χ3n) is 3.26. The smallest absolute Gasteiger partial charge is 0.274 e. The molecule has 130 valence electrons. The summed E-state index contributed by atoms with van der Waals surface area (Å²) in [5.41, 5.74) is 0.800. The number of rotatable bonds is 7. The van der Waals surface area contributed by atoms with Crippen molar-refractivity contribution < 1.29 is 19.1 Å². The quantitative estimate of drug-likeness (QED) is 0.754. The van der Waals surface area contributed by atoms with Crippen LogP contribution in [-0.2, 0) is 0 Å². The topological polar surface area (TPSA) is 89.6 Å². The predicted octanol–water partition coefficient (Wildman–Crippen LogP) is 2.27. The molecule has 0 spiro atoms. The van der Waals surface area contributed by atoms with Gasteiger partial charge >= 0.3 is 0 Å². The van der Waals surface area contributed by atoms with Crippen molar-refractivity contribution in [2.24, 2.45) is 0 Å². The van der Waals surface area contributed by atoms with Gasteiger partial charge in [-0.25, -0.2) is 4.98 Å². The second-order valence-corrected chi connectivity index (χ2v) is 4.93. The van der Waals surface area contributed by atoms with Gasteiger partial charge in [-0.1, -0.05) is 12.1 Å². The highest BCUT2D eigenvalue weighted by molar-refractivity contribution is 6.04. The molecule has 1 heterocycles. The van der Waals surface area contributed by atoms with E-state index in [1.54, 1.807) is 30.3 Å². The Morgan fingerprint density at radius 3 is 2.40 bits per heavy atom. The lowest BCUT2D eigenvalue weighted by Gasteiger charge is -2.10. The zero-order valence-corrected chi connectivity index (χ0v) is 14.0. The maximum absolute atomic E-state index is 12.4. The molecule has 0 bridgehead atoms. The van der Waals surface area contributed by atoms with Crippen LogP contribution in [0.1, 0.15) is 21.0 Å². The molecule has 2 rings (SSSR count). The Bertz CT molecular complexity index is 790. The SMILES string of the molecule is C=CCNC(=O)c1cccc(C(=O)Nc2ccc(OC)c(OC)c2)n1. The molecule has 7 heteroatoms. The molecule has 0 aliphatic rings. The molecular formula is C18H19N3O4.